The summed E-state index contributed by atoms with van der Waals surface area (Å²) in [7, 11) is 0. The van der Waals surface area contributed by atoms with E-state index < -0.39 is 0 Å². The lowest BCUT2D eigenvalue weighted by Crippen LogP contribution is -2.44. The number of carbonyl (C=O) groups excluding carboxylic acids is 2. The zero-order valence-electron chi connectivity index (χ0n) is 13.2. The van der Waals surface area contributed by atoms with Crippen molar-refractivity contribution in [2.75, 3.05) is 6.54 Å². The molecule has 1 saturated carbocycles. The molecule has 0 radical (unpaired) electrons. The number of imide groups is 1. The van der Waals surface area contributed by atoms with Crippen LogP contribution in [0.5, 0.6) is 0 Å². The van der Waals surface area contributed by atoms with Crippen molar-refractivity contribution in [1.82, 2.24) is 10.2 Å². The molecule has 1 aliphatic carbocycles. The van der Waals surface area contributed by atoms with Crippen LogP contribution < -0.4 is 5.32 Å². The zero-order valence-corrected chi connectivity index (χ0v) is 13.2. The summed E-state index contributed by atoms with van der Waals surface area (Å²) < 4.78 is 0. The van der Waals surface area contributed by atoms with Gasteiger partial charge in [0.1, 0.15) is 0 Å². The molecule has 114 valence electrons. The monoisotopic (exact) mass is 280 g/mol. The summed E-state index contributed by atoms with van der Waals surface area (Å²) >= 11 is 0. The summed E-state index contributed by atoms with van der Waals surface area (Å²) in [6, 6.07) is -0.130. The lowest BCUT2D eigenvalue weighted by atomic mass is 9.82. The van der Waals surface area contributed by atoms with E-state index in [9.17, 15) is 9.59 Å². The first kappa shape index (κ1) is 15.5. The lowest BCUT2D eigenvalue weighted by molar-refractivity contribution is -0.141. The number of hydrogen-bond acceptors (Lipinski definition) is 3. The molecular weight excluding hydrogens is 252 g/mol. The van der Waals surface area contributed by atoms with Gasteiger partial charge >= 0.3 is 0 Å². The fourth-order valence-corrected chi connectivity index (χ4v) is 2.98. The fourth-order valence-electron chi connectivity index (χ4n) is 2.98. The van der Waals surface area contributed by atoms with Gasteiger partial charge in [-0.25, -0.2) is 0 Å². The minimum Gasteiger partial charge on any atom is -0.305 e. The number of carbonyl (C=O) groups is 2. The van der Waals surface area contributed by atoms with E-state index in [1.165, 1.54) is 0 Å². The summed E-state index contributed by atoms with van der Waals surface area (Å²) in [6.07, 6.45) is 4.60. The van der Waals surface area contributed by atoms with Crippen molar-refractivity contribution in [3.63, 3.8) is 0 Å². The fraction of sp³-hybridized carbons (Fsp3) is 0.875. The molecule has 0 bridgehead atoms. The molecule has 0 aromatic carbocycles. The van der Waals surface area contributed by atoms with Gasteiger partial charge in [-0.1, -0.05) is 40.5 Å². The Labute approximate surface area is 122 Å². The van der Waals surface area contributed by atoms with Crippen molar-refractivity contribution in [3.8, 4) is 0 Å². The molecule has 2 atom stereocenters. The van der Waals surface area contributed by atoms with Gasteiger partial charge in [-0.05, 0) is 30.7 Å². The predicted octanol–water partition coefficient (Wildman–Crippen LogP) is 2.33. The quantitative estimate of drug-likeness (QED) is 0.804. The predicted molar refractivity (Wildman–Crippen MR) is 79.1 cm³/mol. The first-order valence-corrected chi connectivity index (χ1v) is 7.90. The number of nitrogens with zero attached hydrogens (tertiary/aromatic N) is 1. The minimum absolute atomic E-state index is 0.00279. The smallest absolute Gasteiger partial charge is 0.247 e. The summed E-state index contributed by atoms with van der Waals surface area (Å²) in [5.41, 5.74) is 0.212. The van der Waals surface area contributed by atoms with Crippen molar-refractivity contribution < 1.29 is 9.59 Å². The van der Waals surface area contributed by atoms with Crippen molar-refractivity contribution in [2.24, 2.45) is 11.3 Å². The SMILES string of the molecule is CC(CNC1CC(=O)N(C2CCCC2)C1=O)C(C)(C)C. The molecule has 1 aliphatic heterocycles. The Morgan fingerprint density at radius 1 is 1.25 bits per heavy atom. The van der Waals surface area contributed by atoms with Gasteiger partial charge in [0.25, 0.3) is 0 Å². The second-order valence-corrected chi connectivity index (χ2v) is 7.47. The van der Waals surface area contributed by atoms with E-state index in [1.807, 2.05) is 0 Å². The number of nitrogens with one attached hydrogen (secondary N) is 1. The highest BCUT2D eigenvalue weighted by Gasteiger charge is 2.42. The third kappa shape index (κ3) is 3.22. The van der Waals surface area contributed by atoms with E-state index in [4.69, 9.17) is 0 Å². The van der Waals surface area contributed by atoms with Gasteiger partial charge in [-0.15, -0.1) is 0 Å². The average molecular weight is 280 g/mol. The van der Waals surface area contributed by atoms with Gasteiger partial charge in [0.2, 0.25) is 11.8 Å². The number of amides is 2. The molecule has 0 aromatic rings. The van der Waals surface area contributed by atoms with Crippen molar-refractivity contribution >= 4 is 11.8 Å². The van der Waals surface area contributed by atoms with Crippen LogP contribution in [-0.4, -0.2) is 35.3 Å². The molecule has 2 fully saturated rings. The lowest BCUT2D eigenvalue weighted by Gasteiger charge is -2.28. The second kappa shape index (κ2) is 5.84. The molecule has 2 unspecified atom stereocenters. The van der Waals surface area contributed by atoms with Crippen LogP contribution in [0.15, 0.2) is 0 Å². The Bertz CT molecular complexity index is 380. The maximum Gasteiger partial charge on any atom is 0.247 e. The Morgan fingerprint density at radius 3 is 2.40 bits per heavy atom. The van der Waals surface area contributed by atoms with Gasteiger partial charge in [0, 0.05) is 6.04 Å². The van der Waals surface area contributed by atoms with E-state index in [-0.39, 0.29) is 29.3 Å². The standard InChI is InChI=1S/C16H28N2O2/c1-11(16(2,3)4)10-17-13-9-14(19)18(15(13)20)12-7-5-6-8-12/h11-13,17H,5-10H2,1-4H3. The van der Waals surface area contributed by atoms with Crippen LogP contribution in [0, 0.1) is 11.3 Å². The molecule has 2 rings (SSSR count). The Balaban J connectivity index is 1.91. The van der Waals surface area contributed by atoms with E-state index in [0.717, 1.165) is 32.2 Å². The van der Waals surface area contributed by atoms with E-state index >= 15 is 0 Å². The highest BCUT2D eigenvalue weighted by molar-refractivity contribution is 6.05. The van der Waals surface area contributed by atoms with Crippen LogP contribution in [0.2, 0.25) is 0 Å². The van der Waals surface area contributed by atoms with Crippen LogP contribution in [0.3, 0.4) is 0 Å². The topological polar surface area (TPSA) is 49.4 Å². The molecule has 4 heteroatoms. The number of rotatable bonds is 4. The van der Waals surface area contributed by atoms with Crippen LogP contribution in [0.25, 0.3) is 0 Å². The second-order valence-electron chi connectivity index (χ2n) is 7.47. The summed E-state index contributed by atoms with van der Waals surface area (Å²) in [6.45, 7) is 9.57. The number of hydrogen-bond donors (Lipinski definition) is 1. The van der Waals surface area contributed by atoms with Crippen LogP contribution in [0.1, 0.15) is 59.8 Å². The first-order chi connectivity index (χ1) is 9.30. The largest absolute Gasteiger partial charge is 0.305 e. The summed E-state index contributed by atoms with van der Waals surface area (Å²) in [4.78, 5) is 26.0. The van der Waals surface area contributed by atoms with Gasteiger partial charge in [0.15, 0.2) is 0 Å². The molecule has 1 saturated heterocycles. The molecule has 1 N–H and O–H groups in total. The highest BCUT2D eigenvalue weighted by Crippen LogP contribution is 2.29. The Morgan fingerprint density at radius 2 is 1.85 bits per heavy atom. The summed E-state index contributed by atoms with van der Waals surface area (Å²) in [5.74, 6) is 0.483. The molecule has 2 amide bonds. The van der Waals surface area contributed by atoms with Crippen molar-refractivity contribution in [1.29, 1.82) is 0 Å². The van der Waals surface area contributed by atoms with Gasteiger partial charge in [-0.2, -0.15) is 0 Å². The minimum atomic E-state index is -0.298. The van der Waals surface area contributed by atoms with E-state index in [1.54, 1.807) is 4.90 Å². The molecule has 20 heavy (non-hydrogen) atoms. The third-order valence-corrected chi connectivity index (χ3v) is 5.02. The summed E-state index contributed by atoms with van der Waals surface area (Å²) in [5, 5.41) is 3.31. The van der Waals surface area contributed by atoms with Crippen LogP contribution >= 0.6 is 0 Å². The van der Waals surface area contributed by atoms with E-state index in [0.29, 0.717) is 12.3 Å². The van der Waals surface area contributed by atoms with Gasteiger partial charge in [0.05, 0.1) is 12.5 Å². The van der Waals surface area contributed by atoms with Crippen LogP contribution in [-0.2, 0) is 9.59 Å². The highest BCUT2D eigenvalue weighted by atomic mass is 16.2. The first-order valence-electron chi connectivity index (χ1n) is 7.90. The molecule has 1 heterocycles. The Kier molecular flexibility index (Phi) is 4.52. The van der Waals surface area contributed by atoms with Crippen molar-refractivity contribution in [2.45, 2.75) is 71.9 Å². The van der Waals surface area contributed by atoms with Gasteiger partial charge in [-0.3, -0.25) is 14.5 Å². The molecular formula is C16H28N2O2. The molecule has 2 aliphatic rings. The van der Waals surface area contributed by atoms with Gasteiger partial charge < -0.3 is 5.32 Å². The Hall–Kier alpha value is -0.900. The van der Waals surface area contributed by atoms with Crippen LogP contribution in [0.4, 0.5) is 0 Å². The normalized spacial score (nSPS) is 26.6. The maximum atomic E-state index is 12.4. The molecule has 0 aromatic heterocycles. The maximum absolute atomic E-state index is 12.4. The molecule has 0 spiro atoms. The molecule has 4 nitrogen and oxygen atoms in total. The van der Waals surface area contributed by atoms with Crippen molar-refractivity contribution in [3.05, 3.63) is 0 Å². The number of likely N-dealkylation sites (tertiary alicyclic amines) is 1. The van der Waals surface area contributed by atoms with E-state index in [2.05, 4.69) is 33.0 Å². The zero-order chi connectivity index (χ0) is 14.9. The third-order valence-electron chi connectivity index (χ3n) is 5.02. The average Bonchev–Trinajstić information content (AvgIpc) is 2.94.